The molecule has 0 spiro atoms. The van der Waals surface area contributed by atoms with E-state index in [0.717, 1.165) is 41.3 Å². The molecule has 5 nitrogen and oxygen atoms in total. The molecule has 3 aromatic rings. The molecule has 2 aromatic carbocycles. The number of nitrogens with one attached hydrogen (secondary N) is 2. The van der Waals surface area contributed by atoms with Crippen molar-refractivity contribution in [3.63, 3.8) is 0 Å². The molecule has 1 heterocycles. The highest BCUT2D eigenvalue weighted by molar-refractivity contribution is 7.98. The molecule has 0 atom stereocenters. The van der Waals surface area contributed by atoms with Gasteiger partial charge in [0.1, 0.15) is 5.75 Å². The molecule has 4 rings (SSSR count). The summed E-state index contributed by atoms with van der Waals surface area (Å²) in [5.74, 6) is 1.76. The van der Waals surface area contributed by atoms with Crippen LogP contribution in [0.2, 0.25) is 0 Å². The number of nitrogens with zero attached hydrogens (tertiary/aromatic N) is 1. The first kappa shape index (κ1) is 18.6. The maximum absolute atomic E-state index is 12.2. The van der Waals surface area contributed by atoms with Gasteiger partial charge in [0.25, 0.3) is 5.91 Å². The Balaban J connectivity index is 1.58. The van der Waals surface area contributed by atoms with E-state index in [1.165, 1.54) is 16.7 Å². The highest BCUT2D eigenvalue weighted by Gasteiger charge is 2.23. The van der Waals surface area contributed by atoms with Gasteiger partial charge in [0.15, 0.2) is 0 Å². The largest absolute Gasteiger partial charge is 0.497 e. The molecule has 1 aliphatic rings. The number of amides is 1. The van der Waals surface area contributed by atoms with Crippen LogP contribution in [0.5, 0.6) is 5.75 Å². The summed E-state index contributed by atoms with van der Waals surface area (Å²) in [7, 11) is 1.69. The molecule has 6 heteroatoms. The highest BCUT2D eigenvalue weighted by Crippen LogP contribution is 2.38. The lowest BCUT2D eigenvalue weighted by Crippen LogP contribution is -2.25. The molecule has 28 heavy (non-hydrogen) atoms. The van der Waals surface area contributed by atoms with Gasteiger partial charge >= 0.3 is 0 Å². The standard InChI is InChI=1S/C22H23N3O2S/c1-27-17-8-10-18-16(13-17)7-9-19-20(24-25-21(18)19)14-3-5-15(6-4-14)22(26)23-11-12-28-2/h3-6,8,10,13H,7,9,11-12H2,1-2H3,(H,23,26)(H,24,25). The number of hydrogen-bond donors (Lipinski definition) is 2. The molecule has 0 radical (unpaired) electrons. The van der Waals surface area contributed by atoms with Gasteiger partial charge in [0, 0.05) is 34.6 Å². The number of aryl methyl sites for hydroxylation is 1. The molecule has 1 aromatic heterocycles. The Labute approximate surface area is 168 Å². The van der Waals surface area contributed by atoms with E-state index in [9.17, 15) is 4.79 Å². The minimum absolute atomic E-state index is 0.0347. The molecule has 0 aliphatic heterocycles. The molecule has 0 fully saturated rings. The number of aromatic nitrogens is 2. The van der Waals surface area contributed by atoms with Crippen molar-refractivity contribution >= 4 is 17.7 Å². The minimum Gasteiger partial charge on any atom is -0.497 e. The summed E-state index contributed by atoms with van der Waals surface area (Å²) in [6.45, 7) is 0.679. The lowest BCUT2D eigenvalue weighted by molar-refractivity contribution is 0.0956. The van der Waals surface area contributed by atoms with Crippen molar-refractivity contribution in [1.82, 2.24) is 15.5 Å². The second-order valence-electron chi connectivity index (χ2n) is 6.77. The number of ether oxygens (including phenoxy) is 1. The van der Waals surface area contributed by atoms with Crippen molar-refractivity contribution in [3.05, 3.63) is 59.2 Å². The van der Waals surface area contributed by atoms with E-state index in [-0.39, 0.29) is 5.91 Å². The molecular formula is C22H23N3O2S. The van der Waals surface area contributed by atoms with E-state index in [1.807, 2.05) is 36.6 Å². The normalized spacial score (nSPS) is 12.2. The van der Waals surface area contributed by atoms with Crippen LogP contribution in [0.3, 0.4) is 0 Å². The molecule has 2 N–H and O–H groups in total. The maximum Gasteiger partial charge on any atom is 0.251 e. The van der Waals surface area contributed by atoms with E-state index in [0.29, 0.717) is 12.1 Å². The molecule has 0 saturated carbocycles. The zero-order valence-electron chi connectivity index (χ0n) is 16.0. The van der Waals surface area contributed by atoms with Crippen LogP contribution in [0.4, 0.5) is 0 Å². The number of rotatable bonds is 6. The third kappa shape index (κ3) is 3.52. The van der Waals surface area contributed by atoms with E-state index in [1.54, 1.807) is 18.9 Å². The van der Waals surface area contributed by atoms with Gasteiger partial charge in [-0.3, -0.25) is 9.89 Å². The number of benzene rings is 2. The summed E-state index contributed by atoms with van der Waals surface area (Å²) in [4.78, 5) is 12.2. The molecular weight excluding hydrogens is 370 g/mol. The number of carbonyl (C=O) groups excluding carboxylic acids is 1. The number of aromatic amines is 1. The summed E-state index contributed by atoms with van der Waals surface area (Å²) >= 11 is 1.72. The molecule has 1 aliphatic carbocycles. The smallest absolute Gasteiger partial charge is 0.251 e. The van der Waals surface area contributed by atoms with Crippen molar-refractivity contribution in [2.75, 3.05) is 25.7 Å². The Kier molecular flexibility index (Phi) is 5.39. The summed E-state index contributed by atoms with van der Waals surface area (Å²) in [5.41, 5.74) is 7.44. The number of thioether (sulfide) groups is 1. The van der Waals surface area contributed by atoms with Crippen LogP contribution in [0.25, 0.3) is 22.5 Å². The Bertz CT molecular complexity index is 996. The Morgan fingerprint density at radius 3 is 2.79 bits per heavy atom. The average Bonchev–Trinajstić information content (AvgIpc) is 3.18. The van der Waals surface area contributed by atoms with Crippen LogP contribution in [0, 0.1) is 0 Å². The van der Waals surface area contributed by atoms with E-state index < -0.39 is 0 Å². The van der Waals surface area contributed by atoms with E-state index >= 15 is 0 Å². The fourth-order valence-corrected chi connectivity index (χ4v) is 3.93. The topological polar surface area (TPSA) is 67.0 Å². The summed E-state index contributed by atoms with van der Waals surface area (Å²) in [6, 6.07) is 13.9. The van der Waals surface area contributed by atoms with Gasteiger partial charge in [-0.15, -0.1) is 0 Å². The minimum atomic E-state index is -0.0347. The fourth-order valence-electron chi connectivity index (χ4n) is 3.63. The molecule has 0 saturated heterocycles. The Morgan fingerprint density at radius 2 is 2.04 bits per heavy atom. The van der Waals surface area contributed by atoms with Crippen LogP contribution in [0.1, 0.15) is 21.5 Å². The summed E-state index contributed by atoms with van der Waals surface area (Å²) in [5, 5.41) is 10.7. The van der Waals surface area contributed by atoms with Crippen LogP contribution in [-0.4, -0.2) is 41.8 Å². The van der Waals surface area contributed by atoms with Gasteiger partial charge < -0.3 is 10.1 Å². The van der Waals surface area contributed by atoms with Crippen LogP contribution >= 0.6 is 11.8 Å². The van der Waals surface area contributed by atoms with Gasteiger partial charge in [0.05, 0.1) is 18.5 Å². The summed E-state index contributed by atoms with van der Waals surface area (Å²) < 4.78 is 5.34. The molecule has 144 valence electrons. The van der Waals surface area contributed by atoms with Gasteiger partial charge in [-0.2, -0.15) is 16.9 Å². The lowest BCUT2D eigenvalue weighted by Gasteiger charge is -2.17. The third-order valence-electron chi connectivity index (χ3n) is 5.11. The number of fused-ring (bicyclic) bond motifs is 3. The second-order valence-corrected chi connectivity index (χ2v) is 7.76. The van der Waals surface area contributed by atoms with Gasteiger partial charge in [-0.05, 0) is 55.0 Å². The van der Waals surface area contributed by atoms with Crippen molar-refractivity contribution in [2.45, 2.75) is 12.8 Å². The Morgan fingerprint density at radius 1 is 1.21 bits per heavy atom. The number of hydrogen-bond acceptors (Lipinski definition) is 4. The number of methoxy groups -OCH3 is 1. The van der Waals surface area contributed by atoms with Gasteiger partial charge in [-0.1, -0.05) is 12.1 Å². The van der Waals surface area contributed by atoms with Crippen molar-refractivity contribution in [2.24, 2.45) is 0 Å². The van der Waals surface area contributed by atoms with Crippen LogP contribution in [-0.2, 0) is 12.8 Å². The third-order valence-corrected chi connectivity index (χ3v) is 5.72. The number of H-pyrrole nitrogens is 1. The zero-order chi connectivity index (χ0) is 19.5. The first-order valence-electron chi connectivity index (χ1n) is 9.33. The van der Waals surface area contributed by atoms with Gasteiger partial charge in [0.2, 0.25) is 0 Å². The second kappa shape index (κ2) is 8.10. The monoisotopic (exact) mass is 393 g/mol. The predicted octanol–water partition coefficient (Wildman–Crippen LogP) is 3.94. The van der Waals surface area contributed by atoms with E-state index in [2.05, 4.69) is 27.6 Å². The average molecular weight is 394 g/mol. The first-order chi connectivity index (χ1) is 13.7. The summed E-state index contributed by atoms with van der Waals surface area (Å²) in [6.07, 6.45) is 3.92. The maximum atomic E-state index is 12.2. The molecule has 1 amide bonds. The lowest BCUT2D eigenvalue weighted by atomic mass is 9.87. The SMILES string of the molecule is COc1ccc2c(c1)CCc1c(-c3ccc(C(=O)NCCSC)cc3)n[nH]c1-2. The predicted molar refractivity (Wildman–Crippen MR) is 114 cm³/mol. The van der Waals surface area contributed by atoms with E-state index in [4.69, 9.17) is 4.74 Å². The highest BCUT2D eigenvalue weighted by atomic mass is 32.2. The van der Waals surface area contributed by atoms with Crippen molar-refractivity contribution < 1.29 is 9.53 Å². The van der Waals surface area contributed by atoms with Crippen molar-refractivity contribution in [1.29, 1.82) is 0 Å². The molecule has 0 bridgehead atoms. The van der Waals surface area contributed by atoms with Crippen molar-refractivity contribution in [3.8, 4) is 28.3 Å². The Hall–Kier alpha value is -2.73. The first-order valence-corrected chi connectivity index (χ1v) is 10.7. The quantitative estimate of drug-likeness (QED) is 0.623. The molecule has 0 unspecified atom stereocenters. The van der Waals surface area contributed by atoms with Gasteiger partial charge in [-0.25, -0.2) is 0 Å². The van der Waals surface area contributed by atoms with Crippen LogP contribution in [0.15, 0.2) is 42.5 Å². The zero-order valence-corrected chi connectivity index (χ0v) is 16.9. The van der Waals surface area contributed by atoms with Crippen LogP contribution < -0.4 is 10.1 Å². The fraction of sp³-hybridized carbons (Fsp3) is 0.273. The number of carbonyl (C=O) groups is 1.